The van der Waals surface area contributed by atoms with Crippen LogP contribution in [0.3, 0.4) is 0 Å². The molecule has 1 aromatic heterocycles. The number of aryl methyl sites for hydroxylation is 3. The lowest BCUT2D eigenvalue weighted by molar-refractivity contribution is -0.120. The van der Waals surface area contributed by atoms with Gasteiger partial charge >= 0.3 is 0 Å². The molecule has 1 amide bonds. The van der Waals surface area contributed by atoms with Gasteiger partial charge in [-0.1, -0.05) is 52.7 Å². The van der Waals surface area contributed by atoms with Crippen molar-refractivity contribution in [3.8, 4) is 0 Å². The molecule has 0 spiro atoms. The van der Waals surface area contributed by atoms with Gasteiger partial charge in [-0.3, -0.25) is 4.79 Å². The molecule has 6 heteroatoms. The van der Waals surface area contributed by atoms with Crippen LogP contribution >= 0.6 is 35.0 Å². The molecule has 2 aromatic carbocycles. The van der Waals surface area contributed by atoms with Crippen molar-refractivity contribution in [1.82, 2.24) is 10.3 Å². The third-order valence-electron chi connectivity index (χ3n) is 4.89. The number of pyridine rings is 1. The van der Waals surface area contributed by atoms with Gasteiger partial charge in [0.05, 0.1) is 21.8 Å². The molecular formula is C23H24Cl2N2OS. The van der Waals surface area contributed by atoms with Gasteiger partial charge in [-0.2, -0.15) is 0 Å². The average Bonchev–Trinajstić information content (AvgIpc) is 2.62. The number of benzene rings is 2. The molecule has 3 nitrogen and oxygen atoms in total. The second kappa shape index (κ2) is 8.95. The molecular weight excluding hydrogens is 423 g/mol. The zero-order chi connectivity index (χ0) is 21.3. The Kier molecular flexibility index (Phi) is 6.77. The summed E-state index contributed by atoms with van der Waals surface area (Å²) in [5.74, 6) is -0.0614. The van der Waals surface area contributed by atoms with E-state index in [1.54, 1.807) is 12.1 Å². The summed E-state index contributed by atoms with van der Waals surface area (Å²) in [6.45, 7) is 10.1. The summed E-state index contributed by atoms with van der Waals surface area (Å²) in [6, 6.07) is 11.4. The Morgan fingerprint density at radius 1 is 1.03 bits per heavy atom. The number of rotatable bonds is 5. The lowest BCUT2D eigenvalue weighted by Crippen LogP contribution is -2.33. The van der Waals surface area contributed by atoms with E-state index in [0.717, 1.165) is 27.1 Å². The van der Waals surface area contributed by atoms with E-state index >= 15 is 0 Å². The van der Waals surface area contributed by atoms with Crippen LogP contribution in [0.4, 0.5) is 0 Å². The number of carbonyl (C=O) groups is 1. The topological polar surface area (TPSA) is 42.0 Å². The molecule has 0 aliphatic heterocycles. The first-order valence-electron chi connectivity index (χ1n) is 9.46. The van der Waals surface area contributed by atoms with Gasteiger partial charge in [-0.05, 0) is 75.6 Å². The highest BCUT2D eigenvalue weighted by Gasteiger charge is 2.20. The van der Waals surface area contributed by atoms with Crippen LogP contribution in [0.5, 0.6) is 0 Å². The third-order valence-corrected chi connectivity index (χ3v) is 6.47. The maximum Gasteiger partial charge on any atom is 0.233 e. The van der Waals surface area contributed by atoms with Crippen LogP contribution in [0, 0.1) is 20.8 Å². The van der Waals surface area contributed by atoms with Gasteiger partial charge in [0.15, 0.2) is 0 Å². The second-order valence-electron chi connectivity index (χ2n) is 7.41. The Bertz CT molecular complexity index is 1080. The van der Waals surface area contributed by atoms with Crippen molar-refractivity contribution >= 4 is 51.8 Å². The summed E-state index contributed by atoms with van der Waals surface area (Å²) in [5, 5.41) is 5.87. The molecule has 3 aromatic rings. The highest BCUT2D eigenvalue weighted by Crippen LogP contribution is 2.30. The molecule has 0 radical (unpaired) electrons. The van der Waals surface area contributed by atoms with Gasteiger partial charge in [0, 0.05) is 15.4 Å². The number of fused-ring (bicyclic) bond motifs is 1. The number of halogens is 2. The minimum Gasteiger partial charge on any atom is -0.349 e. The minimum absolute atomic E-state index is 0.0614. The van der Waals surface area contributed by atoms with E-state index in [1.807, 2.05) is 19.9 Å². The predicted octanol–water partition coefficient (Wildman–Crippen LogP) is 6.82. The number of hydrogen-bond donors (Lipinski definition) is 1. The number of amides is 1. The van der Waals surface area contributed by atoms with E-state index in [2.05, 4.69) is 44.3 Å². The Morgan fingerprint density at radius 2 is 1.76 bits per heavy atom. The van der Waals surface area contributed by atoms with E-state index in [4.69, 9.17) is 28.2 Å². The summed E-state index contributed by atoms with van der Waals surface area (Å²) in [6.07, 6.45) is 0. The zero-order valence-corrected chi connectivity index (χ0v) is 19.5. The van der Waals surface area contributed by atoms with Crippen LogP contribution < -0.4 is 5.32 Å². The number of hydrogen-bond acceptors (Lipinski definition) is 3. The van der Waals surface area contributed by atoms with Crippen molar-refractivity contribution in [2.24, 2.45) is 0 Å². The SMILES string of the molecule is Cc1cc(C)c2nc(S[C@@H](C)C(=O)N[C@@H](C)c3ccc(Cl)cc3Cl)cc(C)c2c1. The summed E-state index contributed by atoms with van der Waals surface area (Å²) >= 11 is 13.7. The molecule has 1 heterocycles. The van der Waals surface area contributed by atoms with Gasteiger partial charge in [0.1, 0.15) is 0 Å². The Labute approximate surface area is 186 Å². The van der Waals surface area contributed by atoms with E-state index in [1.165, 1.54) is 22.9 Å². The quantitative estimate of drug-likeness (QED) is 0.436. The molecule has 0 aliphatic carbocycles. The monoisotopic (exact) mass is 446 g/mol. The molecule has 29 heavy (non-hydrogen) atoms. The lowest BCUT2D eigenvalue weighted by Gasteiger charge is -2.19. The maximum atomic E-state index is 12.7. The molecule has 1 N–H and O–H groups in total. The van der Waals surface area contributed by atoms with E-state index in [9.17, 15) is 4.79 Å². The second-order valence-corrected chi connectivity index (χ2v) is 9.62. The van der Waals surface area contributed by atoms with Crippen LogP contribution in [-0.2, 0) is 4.79 Å². The van der Waals surface area contributed by atoms with Crippen molar-refractivity contribution in [3.05, 3.63) is 68.7 Å². The van der Waals surface area contributed by atoms with Gasteiger partial charge in [-0.15, -0.1) is 0 Å². The number of carbonyl (C=O) groups excluding carboxylic acids is 1. The molecule has 0 saturated carbocycles. The first kappa shape index (κ1) is 21.9. The molecule has 0 unspecified atom stereocenters. The molecule has 0 aliphatic rings. The fourth-order valence-corrected chi connectivity index (χ4v) is 4.87. The van der Waals surface area contributed by atoms with Crippen molar-refractivity contribution < 1.29 is 4.79 Å². The Morgan fingerprint density at radius 3 is 2.45 bits per heavy atom. The molecule has 152 valence electrons. The zero-order valence-electron chi connectivity index (χ0n) is 17.1. The third kappa shape index (κ3) is 5.06. The summed E-state index contributed by atoms with van der Waals surface area (Å²) in [7, 11) is 0. The van der Waals surface area contributed by atoms with Crippen molar-refractivity contribution in [3.63, 3.8) is 0 Å². The Hall–Kier alpha value is -1.75. The fraction of sp³-hybridized carbons (Fsp3) is 0.304. The van der Waals surface area contributed by atoms with E-state index < -0.39 is 0 Å². The van der Waals surface area contributed by atoms with Crippen LogP contribution in [0.2, 0.25) is 10.0 Å². The highest BCUT2D eigenvalue weighted by molar-refractivity contribution is 8.00. The minimum atomic E-state index is -0.293. The largest absolute Gasteiger partial charge is 0.349 e. The molecule has 3 rings (SSSR count). The fourth-order valence-electron chi connectivity index (χ4n) is 3.37. The number of nitrogens with one attached hydrogen (secondary N) is 1. The summed E-state index contributed by atoms with van der Waals surface area (Å²) in [5.41, 5.74) is 5.37. The van der Waals surface area contributed by atoms with Crippen LogP contribution in [0.25, 0.3) is 10.9 Å². The summed E-state index contributed by atoms with van der Waals surface area (Å²) < 4.78 is 0. The normalized spacial score (nSPS) is 13.3. The van der Waals surface area contributed by atoms with Crippen molar-refractivity contribution in [1.29, 1.82) is 0 Å². The van der Waals surface area contributed by atoms with Gasteiger partial charge in [-0.25, -0.2) is 4.98 Å². The van der Waals surface area contributed by atoms with Crippen LogP contribution in [0.15, 0.2) is 41.4 Å². The Balaban J connectivity index is 1.75. The first-order valence-corrected chi connectivity index (χ1v) is 11.1. The van der Waals surface area contributed by atoms with Crippen molar-refractivity contribution in [2.75, 3.05) is 0 Å². The standard InChI is InChI=1S/C23H24Cl2N2OS/c1-12-8-14(3)22-19(9-12)13(2)10-21(27-22)29-16(5)23(28)26-15(4)18-7-6-17(24)11-20(18)25/h6-11,15-16H,1-5H3,(H,26,28)/t15-,16-/m0/s1. The van der Waals surface area contributed by atoms with Crippen LogP contribution in [-0.4, -0.2) is 16.1 Å². The lowest BCUT2D eigenvalue weighted by atomic mass is 10.0. The predicted molar refractivity (Wildman–Crippen MR) is 124 cm³/mol. The molecule has 0 saturated heterocycles. The van der Waals surface area contributed by atoms with Gasteiger partial charge < -0.3 is 5.32 Å². The number of nitrogens with zero attached hydrogens (tertiary/aromatic N) is 1. The molecule has 2 atom stereocenters. The average molecular weight is 447 g/mol. The number of aromatic nitrogens is 1. The highest BCUT2D eigenvalue weighted by atomic mass is 35.5. The smallest absolute Gasteiger partial charge is 0.233 e. The van der Waals surface area contributed by atoms with E-state index in [0.29, 0.717) is 10.0 Å². The van der Waals surface area contributed by atoms with E-state index in [-0.39, 0.29) is 17.2 Å². The van der Waals surface area contributed by atoms with Gasteiger partial charge in [0.2, 0.25) is 5.91 Å². The first-order chi connectivity index (χ1) is 13.7. The molecule has 0 bridgehead atoms. The maximum absolute atomic E-state index is 12.7. The summed E-state index contributed by atoms with van der Waals surface area (Å²) in [4.78, 5) is 17.5. The van der Waals surface area contributed by atoms with Crippen LogP contribution in [0.1, 0.15) is 42.1 Å². The van der Waals surface area contributed by atoms with Crippen molar-refractivity contribution in [2.45, 2.75) is 50.9 Å². The van der Waals surface area contributed by atoms with Gasteiger partial charge in [0.25, 0.3) is 0 Å². The molecule has 0 fully saturated rings. The number of thioether (sulfide) groups is 1.